The van der Waals surface area contributed by atoms with Crippen LogP contribution in [0.1, 0.15) is 12.0 Å². The van der Waals surface area contributed by atoms with Crippen LogP contribution in [0.25, 0.3) is 0 Å². The number of halogens is 2. The van der Waals surface area contributed by atoms with E-state index in [0.29, 0.717) is 5.69 Å². The van der Waals surface area contributed by atoms with Crippen LogP contribution in [-0.2, 0) is 16.6 Å². The molecule has 0 unspecified atom stereocenters. The summed E-state index contributed by atoms with van der Waals surface area (Å²) in [6.07, 6.45) is 2.37. The first-order valence-electron chi connectivity index (χ1n) is 9.74. The smallest absolute Gasteiger partial charge is 0.266 e. The number of anilines is 2. The van der Waals surface area contributed by atoms with Gasteiger partial charge in [-0.3, -0.25) is 9.62 Å². The minimum atomic E-state index is -4.13. The summed E-state index contributed by atoms with van der Waals surface area (Å²) in [5, 5.41) is 1.98. The highest BCUT2D eigenvalue weighted by atomic mass is 35.5. The van der Waals surface area contributed by atoms with Crippen LogP contribution in [0.2, 0.25) is 5.02 Å². The lowest BCUT2D eigenvalue weighted by Crippen LogP contribution is -2.34. The first-order valence-corrected chi connectivity index (χ1v) is 12.5. The quantitative estimate of drug-likeness (QED) is 0.541. The maximum atomic E-state index is 14.8. The summed E-state index contributed by atoms with van der Waals surface area (Å²) in [6, 6.07) is 12.7. The van der Waals surface area contributed by atoms with Crippen molar-refractivity contribution < 1.29 is 12.8 Å². The molecule has 1 aromatic heterocycles. The fraction of sp³-hybridized carbons (Fsp3) is 0.286. The number of hydrogen-bond acceptors (Lipinski definition) is 6. The minimum Gasteiger partial charge on any atom is -0.369 e. The van der Waals surface area contributed by atoms with Crippen LogP contribution in [0.5, 0.6) is 0 Å². The van der Waals surface area contributed by atoms with Gasteiger partial charge in [0.05, 0.1) is 10.7 Å². The number of thiazole rings is 1. The SMILES string of the molecule is CN(c1cc(F)c(S(=O)(=O)Nc2nccs2)cc1Cl)[C@H]1CCN(Cc2ccccc2)C1. The molecule has 6 nitrogen and oxygen atoms in total. The van der Waals surface area contributed by atoms with Crippen LogP contribution in [0, 0.1) is 5.82 Å². The third-order valence-corrected chi connectivity index (χ3v) is 7.84. The van der Waals surface area contributed by atoms with Gasteiger partial charge in [-0.05, 0) is 18.1 Å². The number of aromatic nitrogens is 1. The zero-order valence-corrected chi connectivity index (χ0v) is 19.2. The topological polar surface area (TPSA) is 65.5 Å². The summed E-state index contributed by atoms with van der Waals surface area (Å²) >= 11 is 7.51. The lowest BCUT2D eigenvalue weighted by atomic mass is 10.2. The highest BCUT2D eigenvalue weighted by molar-refractivity contribution is 7.93. The maximum absolute atomic E-state index is 14.8. The van der Waals surface area contributed by atoms with Crippen molar-refractivity contribution in [3.05, 3.63) is 70.4 Å². The monoisotopic (exact) mass is 480 g/mol. The molecule has 164 valence electrons. The number of hydrogen-bond donors (Lipinski definition) is 1. The number of sulfonamides is 1. The van der Waals surface area contributed by atoms with Crippen molar-refractivity contribution in [1.29, 1.82) is 0 Å². The van der Waals surface area contributed by atoms with Gasteiger partial charge >= 0.3 is 0 Å². The molecule has 0 spiro atoms. The van der Waals surface area contributed by atoms with Crippen LogP contribution >= 0.6 is 22.9 Å². The number of benzene rings is 2. The standard InChI is InChI=1S/C21H22ClFN4O2S2/c1-26(16-7-9-27(14-16)13-15-5-3-2-4-6-15)19-12-18(23)20(11-17(19)22)31(28,29)25-21-24-8-10-30-21/h2-6,8,10-12,16H,7,9,13-14H2,1H3,(H,24,25)/t16-/m0/s1. The molecule has 0 bridgehead atoms. The molecule has 1 saturated heterocycles. The Morgan fingerprint density at radius 1 is 1.32 bits per heavy atom. The van der Waals surface area contributed by atoms with Crippen LogP contribution < -0.4 is 9.62 Å². The van der Waals surface area contributed by atoms with E-state index in [-0.39, 0.29) is 16.2 Å². The molecule has 1 aliphatic rings. The van der Waals surface area contributed by atoms with E-state index in [9.17, 15) is 12.8 Å². The Kier molecular flexibility index (Phi) is 6.47. The Hall–Kier alpha value is -2.20. The Balaban J connectivity index is 1.49. The summed E-state index contributed by atoms with van der Waals surface area (Å²) in [5.74, 6) is -0.852. The fourth-order valence-corrected chi connectivity index (χ4v) is 5.99. The highest BCUT2D eigenvalue weighted by Gasteiger charge is 2.29. The Bertz CT molecular complexity index is 1140. The van der Waals surface area contributed by atoms with Crippen LogP contribution in [0.3, 0.4) is 0 Å². The average Bonchev–Trinajstić information content (AvgIpc) is 3.41. The molecule has 0 aliphatic carbocycles. The lowest BCUT2D eigenvalue weighted by Gasteiger charge is -2.28. The second kappa shape index (κ2) is 9.12. The van der Waals surface area contributed by atoms with Crippen molar-refractivity contribution in [3.8, 4) is 0 Å². The van der Waals surface area contributed by atoms with Crippen molar-refractivity contribution in [3.63, 3.8) is 0 Å². The maximum Gasteiger partial charge on any atom is 0.266 e. The van der Waals surface area contributed by atoms with E-state index in [0.717, 1.165) is 43.5 Å². The Labute approximate surface area is 190 Å². The second-order valence-electron chi connectivity index (χ2n) is 7.45. The molecule has 1 N–H and O–H groups in total. The van der Waals surface area contributed by atoms with Gasteiger partial charge in [0.15, 0.2) is 5.13 Å². The molecule has 3 aromatic rings. The second-order valence-corrected chi connectivity index (χ2v) is 10.4. The molecule has 0 saturated carbocycles. The van der Waals surface area contributed by atoms with E-state index >= 15 is 0 Å². The normalized spacial score (nSPS) is 17.1. The molecule has 1 atom stereocenters. The summed E-state index contributed by atoms with van der Waals surface area (Å²) in [5.41, 5.74) is 1.72. The van der Waals surface area contributed by atoms with E-state index in [1.807, 2.05) is 30.1 Å². The largest absolute Gasteiger partial charge is 0.369 e. The molecular formula is C21H22ClFN4O2S2. The molecule has 1 aliphatic heterocycles. The van der Waals surface area contributed by atoms with Crippen LogP contribution in [0.4, 0.5) is 15.2 Å². The summed E-state index contributed by atoms with van der Waals surface area (Å²) in [7, 11) is -2.27. The predicted molar refractivity (Wildman–Crippen MR) is 123 cm³/mol. The molecule has 0 radical (unpaired) electrons. The molecule has 31 heavy (non-hydrogen) atoms. The van der Waals surface area contributed by atoms with Crippen molar-refractivity contribution in [2.24, 2.45) is 0 Å². The highest BCUT2D eigenvalue weighted by Crippen LogP contribution is 2.33. The van der Waals surface area contributed by atoms with Gasteiger partial charge in [0.2, 0.25) is 0 Å². The molecule has 2 aromatic carbocycles. The van der Waals surface area contributed by atoms with Crippen molar-refractivity contribution in [1.82, 2.24) is 9.88 Å². The molecule has 0 amide bonds. The number of likely N-dealkylation sites (tertiary alicyclic amines) is 1. The van der Waals surface area contributed by atoms with Gasteiger partial charge in [-0.15, -0.1) is 11.3 Å². The van der Waals surface area contributed by atoms with E-state index in [4.69, 9.17) is 11.6 Å². The first kappa shape index (κ1) is 22.0. The Morgan fingerprint density at radius 2 is 2.10 bits per heavy atom. The first-order chi connectivity index (χ1) is 14.8. The number of nitrogens with one attached hydrogen (secondary N) is 1. The van der Waals surface area contributed by atoms with Gasteiger partial charge in [0.1, 0.15) is 10.7 Å². The van der Waals surface area contributed by atoms with Gasteiger partial charge in [-0.1, -0.05) is 41.9 Å². The van der Waals surface area contributed by atoms with Gasteiger partial charge in [-0.2, -0.15) is 0 Å². The average molecular weight is 481 g/mol. The predicted octanol–water partition coefficient (Wildman–Crippen LogP) is 4.45. The summed E-state index contributed by atoms with van der Waals surface area (Å²) in [4.78, 5) is 7.65. The number of rotatable bonds is 7. The lowest BCUT2D eigenvalue weighted by molar-refractivity contribution is 0.326. The summed E-state index contributed by atoms with van der Waals surface area (Å²) in [6.45, 7) is 2.59. The van der Waals surface area contributed by atoms with Gasteiger partial charge < -0.3 is 4.90 Å². The van der Waals surface area contributed by atoms with E-state index < -0.39 is 20.7 Å². The van der Waals surface area contributed by atoms with Gasteiger partial charge in [-0.25, -0.2) is 17.8 Å². The number of nitrogens with zero attached hydrogens (tertiary/aromatic N) is 3. The molecular weight excluding hydrogens is 459 g/mol. The zero-order valence-electron chi connectivity index (χ0n) is 16.8. The van der Waals surface area contributed by atoms with E-state index in [2.05, 4.69) is 26.7 Å². The number of likely N-dealkylation sites (N-methyl/N-ethyl adjacent to an activating group) is 1. The fourth-order valence-electron chi connectivity index (χ4n) is 3.75. The third kappa shape index (κ3) is 5.01. The molecule has 2 heterocycles. The van der Waals surface area contributed by atoms with Crippen molar-refractivity contribution >= 4 is 43.8 Å². The van der Waals surface area contributed by atoms with Crippen LogP contribution in [-0.4, -0.2) is 44.5 Å². The van der Waals surface area contributed by atoms with Gasteiger partial charge in [0, 0.05) is 50.4 Å². The summed E-state index contributed by atoms with van der Waals surface area (Å²) < 4.78 is 42.2. The molecule has 10 heteroatoms. The van der Waals surface area contributed by atoms with E-state index in [1.165, 1.54) is 17.8 Å². The van der Waals surface area contributed by atoms with Crippen molar-refractivity contribution in [2.45, 2.75) is 23.9 Å². The third-order valence-electron chi connectivity index (χ3n) is 5.37. The van der Waals surface area contributed by atoms with Crippen molar-refractivity contribution in [2.75, 3.05) is 29.8 Å². The molecule has 4 rings (SSSR count). The molecule has 1 fully saturated rings. The van der Waals surface area contributed by atoms with Gasteiger partial charge in [0.25, 0.3) is 10.0 Å². The zero-order chi connectivity index (χ0) is 22.0. The van der Waals surface area contributed by atoms with E-state index in [1.54, 1.807) is 5.38 Å². The Morgan fingerprint density at radius 3 is 2.81 bits per heavy atom. The van der Waals surface area contributed by atoms with Crippen LogP contribution in [0.15, 0.2) is 58.9 Å². The minimum absolute atomic E-state index is 0.150.